The van der Waals surface area contributed by atoms with E-state index >= 15 is 0 Å². The van der Waals surface area contributed by atoms with Crippen molar-refractivity contribution in [1.82, 2.24) is 5.32 Å². The fraction of sp³-hybridized carbons (Fsp3) is 0.923. The van der Waals surface area contributed by atoms with Crippen LogP contribution in [0.4, 0.5) is 0 Å². The molecule has 0 aromatic rings. The van der Waals surface area contributed by atoms with E-state index in [4.69, 9.17) is 10.8 Å². The SMILES string of the molecule is CCCCCC(N)NC(CCCCC)C(=O)O. The summed E-state index contributed by atoms with van der Waals surface area (Å²) in [4.78, 5) is 11.0. The van der Waals surface area contributed by atoms with Gasteiger partial charge >= 0.3 is 5.97 Å². The zero-order valence-electron chi connectivity index (χ0n) is 11.2. The molecule has 102 valence electrons. The third kappa shape index (κ3) is 9.12. The third-order valence-electron chi connectivity index (χ3n) is 2.93. The third-order valence-corrected chi connectivity index (χ3v) is 2.93. The van der Waals surface area contributed by atoms with Gasteiger partial charge in [-0.25, -0.2) is 0 Å². The molecule has 17 heavy (non-hydrogen) atoms. The van der Waals surface area contributed by atoms with Gasteiger partial charge in [0.15, 0.2) is 0 Å². The number of nitrogens with two attached hydrogens (primary N) is 1. The monoisotopic (exact) mass is 244 g/mol. The Bertz CT molecular complexity index is 198. The van der Waals surface area contributed by atoms with Crippen molar-refractivity contribution in [3.05, 3.63) is 0 Å². The van der Waals surface area contributed by atoms with E-state index in [1.807, 2.05) is 0 Å². The Hall–Kier alpha value is -0.610. The number of rotatable bonds is 11. The Morgan fingerprint density at radius 3 is 2.12 bits per heavy atom. The summed E-state index contributed by atoms with van der Waals surface area (Å²) in [7, 11) is 0. The van der Waals surface area contributed by atoms with Gasteiger partial charge in [0.25, 0.3) is 0 Å². The molecule has 0 radical (unpaired) electrons. The minimum absolute atomic E-state index is 0.190. The molecule has 0 saturated carbocycles. The molecule has 0 aliphatic heterocycles. The van der Waals surface area contributed by atoms with Crippen molar-refractivity contribution in [2.45, 2.75) is 77.4 Å². The van der Waals surface area contributed by atoms with Crippen molar-refractivity contribution in [3.63, 3.8) is 0 Å². The van der Waals surface area contributed by atoms with Gasteiger partial charge in [-0.05, 0) is 12.8 Å². The maximum atomic E-state index is 11.0. The molecule has 0 aliphatic rings. The zero-order valence-corrected chi connectivity index (χ0v) is 11.2. The highest BCUT2D eigenvalue weighted by Gasteiger charge is 2.18. The van der Waals surface area contributed by atoms with Crippen LogP contribution in [0.25, 0.3) is 0 Å². The standard InChI is InChI=1S/C13H28N2O2/c1-3-5-7-9-11(13(16)17)15-12(14)10-8-6-4-2/h11-12,15H,3-10,14H2,1-2H3,(H,16,17). The first-order valence-corrected chi connectivity index (χ1v) is 6.86. The second-order valence-corrected chi connectivity index (χ2v) is 4.66. The lowest BCUT2D eigenvalue weighted by Crippen LogP contribution is -2.47. The van der Waals surface area contributed by atoms with Crippen molar-refractivity contribution in [2.75, 3.05) is 0 Å². The van der Waals surface area contributed by atoms with E-state index in [0.717, 1.165) is 44.9 Å². The summed E-state index contributed by atoms with van der Waals surface area (Å²) in [6.45, 7) is 4.25. The number of carboxylic acid groups (broad SMARTS) is 1. The minimum Gasteiger partial charge on any atom is -0.480 e. The van der Waals surface area contributed by atoms with Crippen LogP contribution in [-0.2, 0) is 4.79 Å². The van der Waals surface area contributed by atoms with E-state index in [9.17, 15) is 4.79 Å². The van der Waals surface area contributed by atoms with Crippen molar-refractivity contribution in [3.8, 4) is 0 Å². The fourth-order valence-corrected chi connectivity index (χ4v) is 1.83. The van der Waals surface area contributed by atoms with Crippen LogP contribution < -0.4 is 11.1 Å². The predicted molar refractivity (Wildman–Crippen MR) is 70.8 cm³/mol. The zero-order chi connectivity index (χ0) is 13.1. The van der Waals surface area contributed by atoms with Crippen LogP contribution in [-0.4, -0.2) is 23.3 Å². The van der Waals surface area contributed by atoms with Gasteiger partial charge in [-0.1, -0.05) is 52.4 Å². The lowest BCUT2D eigenvalue weighted by Gasteiger charge is -2.20. The molecule has 0 rings (SSSR count). The fourth-order valence-electron chi connectivity index (χ4n) is 1.83. The summed E-state index contributed by atoms with van der Waals surface area (Å²) < 4.78 is 0. The van der Waals surface area contributed by atoms with Gasteiger partial charge in [-0.2, -0.15) is 0 Å². The molecular formula is C13H28N2O2. The number of aliphatic carboxylic acids is 1. The predicted octanol–water partition coefficient (Wildman–Crippen LogP) is 2.47. The summed E-state index contributed by atoms with van der Waals surface area (Å²) in [5.74, 6) is -0.785. The second kappa shape index (κ2) is 10.5. The molecule has 4 N–H and O–H groups in total. The molecule has 0 spiro atoms. The van der Waals surface area contributed by atoms with Crippen LogP contribution in [0.3, 0.4) is 0 Å². The Morgan fingerprint density at radius 2 is 1.65 bits per heavy atom. The summed E-state index contributed by atoms with van der Waals surface area (Å²) in [6, 6.07) is -0.488. The topological polar surface area (TPSA) is 75.3 Å². The Labute approximate surface area is 105 Å². The first-order chi connectivity index (χ1) is 8.11. The smallest absolute Gasteiger partial charge is 0.320 e. The van der Waals surface area contributed by atoms with Crippen LogP contribution in [0.2, 0.25) is 0 Å². The normalized spacial score (nSPS) is 14.5. The Morgan fingerprint density at radius 1 is 1.12 bits per heavy atom. The van der Waals surface area contributed by atoms with Crippen molar-refractivity contribution in [1.29, 1.82) is 0 Å². The van der Waals surface area contributed by atoms with Crippen LogP contribution >= 0.6 is 0 Å². The maximum absolute atomic E-state index is 11.0. The summed E-state index contributed by atoms with van der Waals surface area (Å²) in [5, 5.41) is 12.1. The molecule has 0 aromatic carbocycles. The molecule has 0 saturated heterocycles. The summed E-state index contributed by atoms with van der Waals surface area (Å²) in [5.41, 5.74) is 5.88. The second-order valence-electron chi connectivity index (χ2n) is 4.66. The molecule has 2 atom stereocenters. The number of nitrogens with one attached hydrogen (secondary N) is 1. The van der Waals surface area contributed by atoms with Crippen LogP contribution in [0, 0.1) is 0 Å². The highest BCUT2D eigenvalue weighted by Crippen LogP contribution is 2.06. The van der Waals surface area contributed by atoms with Gasteiger partial charge in [0.1, 0.15) is 6.04 Å². The molecule has 0 heterocycles. The van der Waals surface area contributed by atoms with E-state index in [0.29, 0.717) is 6.42 Å². The lowest BCUT2D eigenvalue weighted by atomic mass is 10.1. The molecule has 0 bridgehead atoms. The van der Waals surface area contributed by atoms with Crippen LogP contribution in [0.1, 0.15) is 65.2 Å². The Balaban J connectivity index is 3.85. The van der Waals surface area contributed by atoms with E-state index in [1.165, 1.54) is 0 Å². The van der Waals surface area contributed by atoms with Crippen molar-refractivity contribution >= 4 is 5.97 Å². The molecular weight excluding hydrogens is 216 g/mol. The number of carboxylic acids is 1. The summed E-state index contributed by atoms with van der Waals surface area (Å²) >= 11 is 0. The summed E-state index contributed by atoms with van der Waals surface area (Å²) in [6.07, 6.45) is 7.84. The number of hydrogen-bond acceptors (Lipinski definition) is 3. The van der Waals surface area contributed by atoms with Gasteiger partial charge in [0.2, 0.25) is 0 Å². The molecule has 4 nitrogen and oxygen atoms in total. The van der Waals surface area contributed by atoms with E-state index in [-0.39, 0.29) is 6.17 Å². The molecule has 0 amide bonds. The van der Waals surface area contributed by atoms with Crippen molar-refractivity contribution in [2.24, 2.45) is 5.73 Å². The molecule has 0 aromatic heterocycles. The molecule has 4 heteroatoms. The number of hydrogen-bond donors (Lipinski definition) is 3. The first kappa shape index (κ1) is 16.4. The Kier molecular flexibility index (Phi) is 10.2. The lowest BCUT2D eigenvalue weighted by molar-refractivity contribution is -0.140. The van der Waals surface area contributed by atoms with Crippen LogP contribution in [0.15, 0.2) is 0 Å². The molecule has 0 aliphatic carbocycles. The highest BCUT2D eigenvalue weighted by molar-refractivity contribution is 5.73. The quantitative estimate of drug-likeness (QED) is 0.385. The molecule has 0 fully saturated rings. The largest absolute Gasteiger partial charge is 0.480 e. The molecule has 2 unspecified atom stereocenters. The van der Waals surface area contributed by atoms with Gasteiger partial charge in [-0.15, -0.1) is 0 Å². The maximum Gasteiger partial charge on any atom is 0.320 e. The van der Waals surface area contributed by atoms with Gasteiger partial charge in [-0.3, -0.25) is 10.1 Å². The first-order valence-electron chi connectivity index (χ1n) is 6.86. The minimum atomic E-state index is -0.785. The highest BCUT2D eigenvalue weighted by atomic mass is 16.4. The van der Waals surface area contributed by atoms with Crippen LogP contribution in [0.5, 0.6) is 0 Å². The van der Waals surface area contributed by atoms with Gasteiger partial charge in [0, 0.05) is 0 Å². The van der Waals surface area contributed by atoms with E-state index < -0.39 is 12.0 Å². The number of carbonyl (C=O) groups is 1. The van der Waals surface area contributed by atoms with E-state index in [2.05, 4.69) is 19.2 Å². The number of unbranched alkanes of at least 4 members (excludes halogenated alkanes) is 4. The van der Waals surface area contributed by atoms with Gasteiger partial charge < -0.3 is 10.8 Å². The van der Waals surface area contributed by atoms with Crippen molar-refractivity contribution < 1.29 is 9.90 Å². The average molecular weight is 244 g/mol. The van der Waals surface area contributed by atoms with Gasteiger partial charge in [0.05, 0.1) is 6.17 Å². The average Bonchev–Trinajstić information content (AvgIpc) is 2.28. The van der Waals surface area contributed by atoms with E-state index in [1.54, 1.807) is 0 Å².